The molecule has 0 bridgehead atoms. The van der Waals surface area contributed by atoms with Crippen molar-refractivity contribution in [2.45, 2.75) is 13.8 Å². The van der Waals surface area contributed by atoms with Crippen molar-refractivity contribution in [1.82, 2.24) is 9.88 Å². The van der Waals surface area contributed by atoms with Gasteiger partial charge in [-0.15, -0.1) is 0 Å². The first-order chi connectivity index (χ1) is 13.0. The Morgan fingerprint density at radius 3 is 2.48 bits per heavy atom. The molecular formula is C20H26ClN5O. The van der Waals surface area contributed by atoms with E-state index in [0.29, 0.717) is 22.3 Å². The molecule has 0 spiro atoms. The Balaban J connectivity index is 1.52. The summed E-state index contributed by atoms with van der Waals surface area (Å²) in [6.07, 6.45) is 1.68. The molecule has 2 N–H and O–H groups in total. The SMILES string of the molecule is CC(C)CN1CCN(c2ccc(NC(=O)Nc3ccccc3Cl)cn2)CC1. The zero-order valence-electron chi connectivity index (χ0n) is 15.8. The Bertz CT molecular complexity index is 757. The third kappa shape index (κ3) is 5.58. The van der Waals surface area contributed by atoms with Crippen LogP contribution in [0, 0.1) is 5.92 Å². The average molecular weight is 388 g/mol. The van der Waals surface area contributed by atoms with Crippen LogP contribution in [0.4, 0.5) is 22.0 Å². The highest BCUT2D eigenvalue weighted by molar-refractivity contribution is 6.33. The first-order valence-electron chi connectivity index (χ1n) is 9.27. The topological polar surface area (TPSA) is 60.5 Å². The molecule has 7 heteroatoms. The highest BCUT2D eigenvalue weighted by Crippen LogP contribution is 2.21. The molecule has 0 unspecified atom stereocenters. The molecule has 2 heterocycles. The molecule has 2 amide bonds. The number of pyridine rings is 1. The van der Waals surface area contributed by atoms with Crippen molar-refractivity contribution in [1.29, 1.82) is 0 Å². The van der Waals surface area contributed by atoms with Gasteiger partial charge in [0.2, 0.25) is 0 Å². The maximum absolute atomic E-state index is 12.1. The second-order valence-corrected chi connectivity index (χ2v) is 7.55. The summed E-state index contributed by atoms with van der Waals surface area (Å²) >= 11 is 6.05. The lowest BCUT2D eigenvalue weighted by Gasteiger charge is -2.36. The van der Waals surface area contributed by atoms with Crippen LogP contribution in [0.5, 0.6) is 0 Å². The van der Waals surface area contributed by atoms with Crippen molar-refractivity contribution in [3.63, 3.8) is 0 Å². The number of piperazine rings is 1. The number of halogens is 1. The number of hydrogen-bond donors (Lipinski definition) is 2. The number of anilines is 3. The quantitative estimate of drug-likeness (QED) is 0.808. The molecule has 1 aliphatic rings. The number of hydrogen-bond acceptors (Lipinski definition) is 4. The summed E-state index contributed by atoms with van der Waals surface area (Å²) < 4.78 is 0. The van der Waals surface area contributed by atoms with E-state index >= 15 is 0 Å². The van der Waals surface area contributed by atoms with E-state index in [2.05, 4.69) is 39.3 Å². The predicted molar refractivity (Wildman–Crippen MR) is 112 cm³/mol. The Hall–Kier alpha value is -2.31. The third-order valence-electron chi connectivity index (χ3n) is 4.45. The van der Waals surface area contributed by atoms with Crippen molar-refractivity contribution in [3.8, 4) is 0 Å². The van der Waals surface area contributed by atoms with Gasteiger partial charge in [-0.25, -0.2) is 9.78 Å². The molecule has 0 radical (unpaired) electrons. The minimum absolute atomic E-state index is 0.347. The third-order valence-corrected chi connectivity index (χ3v) is 4.78. The number of carbonyl (C=O) groups is 1. The predicted octanol–water partition coefficient (Wildman–Crippen LogP) is 4.16. The van der Waals surface area contributed by atoms with Gasteiger partial charge in [-0.1, -0.05) is 37.6 Å². The van der Waals surface area contributed by atoms with Crippen molar-refractivity contribution in [2.75, 3.05) is 48.3 Å². The lowest BCUT2D eigenvalue weighted by molar-refractivity contribution is 0.231. The Kier molecular flexibility index (Phi) is 6.53. The van der Waals surface area contributed by atoms with E-state index in [-0.39, 0.29) is 6.03 Å². The van der Waals surface area contributed by atoms with E-state index < -0.39 is 0 Å². The molecule has 1 aromatic heterocycles. The number of amides is 2. The summed E-state index contributed by atoms with van der Waals surface area (Å²) in [5, 5.41) is 6.01. The second kappa shape index (κ2) is 9.06. The summed E-state index contributed by atoms with van der Waals surface area (Å²) in [6, 6.07) is 10.6. The first kappa shape index (κ1) is 19.5. The Labute approximate surface area is 165 Å². The van der Waals surface area contributed by atoms with E-state index in [4.69, 9.17) is 11.6 Å². The highest BCUT2D eigenvalue weighted by Gasteiger charge is 2.18. The molecule has 1 saturated heterocycles. The van der Waals surface area contributed by atoms with Gasteiger partial charge in [-0.2, -0.15) is 0 Å². The molecule has 27 heavy (non-hydrogen) atoms. The summed E-state index contributed by atoms with van der Waals surface area (Å²) in [4.78, 5) is 21.4. The molecule has 0 saturated carbocycles. The van der Waals surface area contributed by atoms with Gasteiger partial charge in [0.25, 0.3) is 0 Å². The Morgan fingerprint density at radius 1 is 1.11 bits per heavy atom. The standard InChI is InChI=1S/C20H26ClN5O/c1-15(2)14-25-9-11-26(12-10-25)19-8-7-16(13-22-19)23-20(27)24-18-6-4-3-5-17(18)21/h3-8,13,15H,9-12,14H2,1-2H3,(H2,23,24,27). The minimum atomic E-state index is -0.347. The number of urea groups is 1. The van der Waals surface area contributed by atoms with Crippen LogP contribution in [0.1, 0.15) is 13.8 Å². The van der Waals surface area contributed by atoms with Crippen LogP contribution in [0.2, 0.25) is 5.02 Å². The largest absolute Gasteiger partial charge is 0.354 e. The number of rotatable bonds is 5. The maximum Gasteiger partial charge on any atom is 0.323 e. The number of para-hydroxylation sites is 1. The van der Waals surface area contributed by atoms with Crippen LogP contribution < -0.4 is 15.5 Å². The van der Waals surface area contributed by atoms with E-state index in [1.54, 1.807) is 18.3 Å². The number of benzene rings is 1. The maximum atomic E-state index is 12.1. The second-order valence-electron chi connectivity index (χ2n) is 7.15. The summed E-state index contributed by atoms with van der Waals surface area (Å²) in [5.74, 6) is 1.63. The monoisotopic (exact) mass is 387 g/mol. The number of nitrogens with zero attached hydrogens (tertiary/aromatic N) is 3. The molecule has 1 fully saturated rings. The van der Waals surface area contributed by atoms with Crippen molar-refractivity contribution < 1.29 is 4.79 Å². The normalized spacial score (nSPS) is 15.0. The van der Waals surface area contributed by atoms with Crippen LogP contribution in [0.25, 0.3) is 0 Å². The average Bonchev–Trinajstić information content (AvgIpc) is 2.64. The lowest BCUT2D eigenvalue weighted by atomic mass is 10.2. The van der Waals surface area contributed by atoms with Crippen molar-refractivity contribution in [2.24, 2.45) is 5.92 Å². The van der Waals surface area contributed by atoms with Gasteiger partial charge < -0.3 is 15.5 Å². The molecule has 3 rings (SSSR count). The number of aromatic nitrogens is 1. The zero-order valence-corrected chi connectivity index (χ0v) is 16.5. The smallest absolute Gasteiger partial charge is 0.323 e. The van der Waals surface area contributed by atoms with Gasteiger partial charge in [-0.05, 0) is 30.2 Å². The van der Waals surface area contributed by atoms with Gasteiger partial charge in [0, 0.05) is 32.7 Å². The zero-order chi connectivity index (χ0) is 19.2. The van der Waals surface area contributed by atoms with Crippen LogP contribution in [0.15, 0.2) is 42.6 Å². The van der Waals surface area contributed by atoms with Crippen molar-refractivity contribution >= 4 is 34.8 Å². The fourth-order valence-corrected chi connectivity index (χ4v) is 3.35. The van der Waals surface area contributed by atoms with Crippen LogP contribution in [0.3, 0.4) is 0 Å². The molecule has 0 atom stereocenters. The molecule has 1 aromatic carbocycles. The molecule has 2 aromatic rings. The van der Waals surface area contributed by atoms with Gasteiger partial charge in [0.15, 0.2) is 0 Å². The summed E-state index contributed by atoms with van der Waals surface area (Å²) in [6.45, 7) is 9.70. The number of nitrogens with one attached hydrogen (secondary N) is 2. The highest BCUT2D eigenvalue weighted by atomic mass is 35.5. The molecule has 0 aliphatic carbocycles. The summed E-state index contributed by atoms with van der Waals surface area (Å²) in [5.41, 5.74) is 1.21. The van der Waals surface area contributed by atoms with E-state index in [1.165, 1.54) is 0 Å². The van der Waals surface area contributed by atoms with Gasteiger partial charge in [0.05, 0.1) is 22.6 Å². The lowest BCUT2D eigenvalue weighted by Crippen LogP contribution is -2.47. The minimum Gasteiger partial charge on any atom is -0.354 e. The van der Waals surface area contributed by atoms with Gasteiger partial charge in [-0.3, -0.25) is 4.90 Å². The van der Waals surface area contributed by atoms with Crippen LogP contribution in [-0.4, -0.2) is 48.6 Å². The van der Waals surface area contributed by atoms with Crippen molar-refractivity contribution in [3.05, 3.63) is 47.6 Å². The Morgan fingerprint density at radius 2 is 1.85 bits per heavy atom. The van der Waals surface area contributed by atoms with Crippen LogP contribution >= 0.6 is 11.6 Å². The van der Waals surface area contributed by atoms with E-state index in [1.807, 2.05) is 24.3 Å². The van der Waals surface area contributed by atoms with Gasteiger partial charge in [0.1, 0.15) is 5.82 Å². The van der Waals surface area contributed by atoms with Gasteiger partial charge >= 0.3 is 6.03 Å². The molecule has 1 aliphatic heterocycles. The fraction of sp³-hybridized carbons (Fsp3) is 0.400. The molecule has 6 nitrogen and oxygen atoms in total. The van der Waals surface area contributed by atoms with E-state index in [0.717, 1.165) is 38.5 Å². The molecular weight excluding hydrogens is 362 g/mol. The summed E-state index contributed by atoms with van der Waals surface area (Å²) in [7, 11) is 0. The fourth-order valence-electron chi connectivity index (χ4n) is 3.17. The number of carbonyl (C=O) groups excluding carboxylic acids is 1. The van der Waals surface area contributed by atoms with Crippen LogP contribution in [-0.2, 0) is 0 Å². The molecule has 144 valence electrons. The van der Waals surface area contributed by atoms with E-state index in [9.17, 15) is 4.79 Å². The first-order valence-corrected chi connectivity index (χ1v) is 9.65.